The number of rotatable bonds is 4. The standard InChI is InChI=1S/C11H14O3.C7H6O3/c1-8(2)7-14-11(13)9-5-3-4-6-10(9)12;8-7(9)10-6-4-2-1-3-5-6/h3-6,8,12H,7H2,1-2H3;1-5H,(H,8,9). The Morgan fingerprint density at radius 3 is 2.12 bits per heavy atom. The summed E-state index contributed by atoms with van der Waals surface area (Å²) in [7, 11) is 0. The van der Waals surface area contributed by atoms with Crippen LogP contribution in [0.2, 0.25) is 0 Å². The Bertz CT molecular complexity index is 652. The average Bonchev–Trinajstić information content (AvgIpc) is 2.54. The van der Waals surface area contributed by atoms with E-state index in [1.54, 1.807) is 42.5 Å². The molecule has 0 heterocycles. The molecule has 2 aromatic carbocycles. The van der Waals surface area contributed by atoms with Gasteiger partial charge in [-0.15, -0.1) is 0 Å². The number of benzene rings is 2. The van der Waals surface area contributed by atoms with E-state index in [0.717, 1.165) is 0 Å². The van der Waals surface area contributed by atoms with Crippen molar-refractivity contribution in [3.63, 3.8) is 0 Å². The Morgan fingerprint density at radius 2 is 1.58 bits per heavy atom. The molecule has 0 amide bonds. The molecule has 128 valence electrons. The highest BCUT2D eigenvalue weighted by Crippen LogP contribution is 2.16. The van der Waals surface area contributed by atoms with Gasteiger partial charge < -0.3 is 19.7 Å². The summed E-state index contributed by atoms with van der Waals surface area (Å²) in [5.41, 5.74) is 0.216. The third kappa shape index (κ3) is 7.31. The van der Waals surface area contributed by atoms with Crippen molar-refractivity contribution in [1.82, 2.24) is 0 Å². The van der Waals surface area contributed by atoms with Gasteiger partial charge in [0, 0.05) is 0 Å². The van der Waals surface area contributed by atoms with Gasteiger partial charge in [-0.3, -0.25) is 0 Å². The number of carbonyl (C=O) groups is 2. The van der Waals surface area contributed by atoms with Gasteiger partial charge in [-0.25, -0.2) is 9.59 Å². The lowest BCUT2D eigenvalue weighted by Crippen LogP contribution is -2.10. The molecule has 0 aliphatic rings. The van der Waals surface area contributed by atoms with E-state index >= 15 is 0 Å². The number of aromatic hydroxyl groups is 1. The van der Waals surface area contributed by atoms with Gasteiger partial charge in [0.05, 0.1) is 6.61 Å². The number of carbonyl (C=O) groups excluding carboxylic acids is 1. The van der Waals surface area contributed by atoms with Gasteiger partial charge in [0.25, 0.3) is 0 Å². The van der Waals surface area contributed by atoms with E-state index in [9.17, 15) is 14.7 Å². The van der Waals surface area contributed by atoms with Crippen molar-refractivity contribution in [1.29, 1.82) is 0 Å². The highest BCUT2D eigenvalue weighted by molar-refractivity contribution is 5.92. The van der Waals surface area contributed by atoms with Crippen LogP contribution in [0, 0.1) is 5.92 Å². The topological polar surface area (TPSA) is 93.1 Å². The number of hydrogen-bond acceptors (Lipinski definition) is 5. The van der Waals surface area contributed by atoms with Crippen LogP contribution < -0.4 is 4.74 Å². The van der Waals surface area contributed by atoms with Gasteiger partial charge >= 0.3 is 12.1 Å². The molecule has 0 fully saturated rings. The first-order valence-corrected chi connectivity index (χ1v) is 7.31. The smallest absolute Gasteiger partial charge is 0.507 e. The van der Waals surface area contributed by atoms with Crippen LogP contribution in [0.1, 0.15) is 24.2 Å². The molecule has 24 heavy (non-hydrogen) atoms. The molecule has 0 aliphatic carbocycles. The second-order valence-electron chi connectivity index (χ2n) is 5.19. The predicted molar refractivity (Wildman–Crippen MR) is 88.3 cm³/mol. The molecule has 6 heteroatoms. The van der Waals surface area contributed by atoms with Crippen molar-refractivity contribution in [2.75, 3.05) is 6.61 Å². The second kappa shape index (κ2) is 9.89. The molecule has 0 atom stereocenters. The van der Waals surface area contributed by atoms with Crippen molar-refractivity contribution >= 4 is 12.1 Å². The summed E-state index contributed by atoms with van der Waals surface area (Å²) in [5, 5.41) is 17.5. The van der Waals surface area contributed by atoms with E-state index in [1.807, 2.05) is 13.8 Å². The average molecular weight is 332 g/mol. The number of ether oxygens (including phenoxy) is 2. The van der Waals surface area contributed by atoms with Gasteiger partial charge in [0.15, 0.2) is 0 Å². The van der Waals surface area contributed by atoms with Gasteiger partial charge in [-0.05, 0) is 30.2 Å². The van der Waals surface area contributed by atoms with Crippen LogP contribution in [0.3, 0.4) is 0 Å². The van der Waals surface area contributed by atoms with Crippen LogP contribution in [0.5, 0.6) is 11.5 Å². The fourth-order valence-corrected chi connectivity index (χ4v) is 1.56. The lowest BCUT2D eigenvalue weighted by atomic mass is 10.2. The summed E-state index contributed by atoms with van der Waals surface area (Å²) < 4.78 is 9.30. The van der Waals surface area contributed by atoms with Crippen LogP contribution in [0.15, 0.2) is 54.6 Å². The van der Waals surface area contributed by atoms with Crippen molar-refractivity contribution in [2.45, 2.75) is 13.8 Å². The Labute approximate surface area is 140 Å². The molecule has 2 aromatic rings. The lowest BCUT2D eigenvalue weighted by molar-refractivity contribution is 0.0455. The van der Waals surface area contributed by atoms with Crippen LogP contribution in [0.25, 0.3) is 0 Å². The van der Waals surface area contributed by atoms with E-state index < -0.39 is 12.1 Å². The first kappa shape index (κ1) is 19.0. The summed E-state index contributed by atoms with van der Waals surface area (Å²) in [6, 6.07) is 14.7. The molecule has 0 aromatic heterocycles. The van der Waals surface area contributed by atoms with E-state index in [-0.39, 0.29) is 11.3 Å². The second-order valence-corrected chi connectivity index (χ2v) is 5.19. The molecule has 6 nitrogen and oxygen atoms in total. The fraction of sp³-hybridized carbons (Fsp3) is 0.222. The van der Waals surface area contributed by atoms with Crippen LogP contribution >= 0.6 is 0 Å². The van der Waals surface area contributed by atoms with Crippen LogP contribution in [-0.4, -0.2) is 28.9 Å². The highest BCUT2D eigenvalue weighted by atomic mass is 16.7. The first-order chi connectivity index (χ1) is 11.4. The number of esters is 1. The highest BCUT2D eigenvalue weighted by Gasteiger charge is 2.11. The monoisotopic (exact) mass is 332 g/mol. The maximum Gasteiger partial charge on any atom is 0.511 e. The fourth-order valence-electron chi connectivity index (χ4n) is 1.56. The summed E-state index contributed by atoms with van der Waals surface area (Å²) in [5.74, 6) is 0.123. The van der Waals surface area contributed by atoms with E-state index in [1.165, 1.54) is 12.1 Å². The zero-order valence-corrected chi connectivity index (χ0v) is 13.5. The van der Waals surface area contributed by atoms with Gasteiger partial charge in [-0.1, -0.05) is 44.2 Å². The van der Waals surface area contributed by atoms with Crippen molar-refractivity contribution in [2.24, 2.45) is 5.92 Å². The van der Waals surface area contributed by atoms with Gasteiger partial charge in [0.2, 0.25) is 0 Å². The van der Waals surface area contributed by atoms with E-state index in [0.29, 0.717) is 18.3 Å². The number of para-hydroxylation sites is 2. The molecule has 2 N–H and O–H groups in total. The molecule has 0 unspecified atom stereocenters. The zero-order valence-electron chi connectivity index (χ0n) is 13.5. The molecule has 0 radical (unpaired) electrons. The van der Waals surface area contributed by atoms with Gasteiger partial charge in [0.1, 0.15) is 17.1 Å². The van der Waals surface area contributed by atoms with Gasteiger partial charge in [-0.2, -0.15) is 0 Å². The third-order valence-electron chi connectivity index (χ3n) is 2.62. The number of phenols is 1. The Balaban J connectivity index is 0.000000254. The summed E-state index contributed by atoms with van der Waals surface area (Å²) >= 11 is 0. The van der Waals surface area contributed by atoms with Crippen LogP contribution in [-0.2, 0) is 4.74 Å². The van der Waals surface area contributed by atoms with Crippen molar-refractivity contribution in [3.8, 4) is 11.5 Å². The van der Waals surface area contributed by atoms with Crippen LogP contribution in [0.4, 0.5) is 4.79 Å². The molecule has 0 aliphatic heterocycles. The summed E-state index contributed by atoms with van der Waals surface area (Å²) in [6.07, 6.45) is -1.29. The predicted octanol–water partition coefficient (Wildman–Crippen LogP) is 3.95. The largest absolute Gasteiger partial charge is 0.511 e. The SMILES string of the molecule is CC(C)COC(=O)c1ccccc1O.O=C(O)Oc1ccccc1. The summed E-state index contributed by atoms with van der Waals surface area (Å²) in [6.45, 7) is 4.28. The molecule has 0 saturated carbocycles. The van der Waals surface area contributed by atoms with Crippen molar-refractivity contribution < 1.29 is 29.3 Å². The number of carboxylic acid groups (broad SMARTS) is 1. The van der Waals surface area contributed by atoms with Crippen molar-refractivity contribution in [3.05, 3.63) is 60.2 Å². The van der Waals surface area contributed by atoms with E-state index in [4.69, 9.17) is 9.84 Å². The molecule has 0 spiro atoms. The number of phenolic OH excluding ortho intramolecular Hbond substituents is 1. The Kier molecular flexibility index (Phi) is 7.84. The minimum Gasteiger partial charge on any atom is -0.507 e. The Hall–Kier alpha value is -3.02. The Morgan fingerprint density at radius 1 is 1.00 bits per heavy atom. The first-order valence-electron chi connectivity index (χ1n) is 7.31. The minimum atomic E-state index is -1.29. The molecule has 2 rings (SSSR count). The lowest BCUT2D eigenvalue weighted by Gasteiger charge is -2.07. The number of hydrogen-bond donors (Lipinski definition) is 2. The maximum absolute atomic E-state index is 11.4. The quantitative estimate of drug-likeness (QED) is 0.650. The summed E-state index contributed by atoms with van der Waals surface area (Å²) in [4.78, 5) is 21.3. The maximum atomic E-state index is 11.4. The van der Waals surface area contributed by atoms with E-state index in [2.05, 4.69) is 4.74 Å². The molecular formula is C18H20O6. The molecular weight excluding hydrogens is 312 g/mol. The minimum absolute atomic E-state index is 0.0405. The molecule has 0 saturated heterocycles. The normalized spacial score (nSPS) is 9.62. The third-order valence-corrected chi connectivity index (χ3v) is 2.62. The molecule has 0 bridgehead atoms. The zero-order chi connectivity index (χ0) is 17.9.